The highest BCUT2D eigenvalue weighted by atomic mass is 16.5. The van der Waals surface area contributed by atoms with Crippen molar-refractivity contribution in [3.8, 4) is 5.75 Å². The molecule has 0 aliphatic carbocycles. The first-order chi connectivity index (χ1) is 20.2. The second kappa shape index (κ2) is 14.1. The lowest BCUT2D eigenvalue weighted by Gasteiger charge is -2.23. The SMILES string of the molecule is CC(C)(Cc1ccccc1)C(=O)NCCOc1ccc(CC(Nc2ccccc2C(=O)c2ccccc2)C(=O)O)cc1. The lowest BCUT2D eigenvalue weighted by atomic mass is 9.85. The Bertz CT molecular complexity index is 1490. The van der Waals surface area contributed by atoms with Crippen LogP contribution >= 0.6 is 0 Å². The van der Waals surface area contributed by atoms with Crippen molar-refractivity contribution in [2.24, 2.45) is 5.41 Å². The number of aliphatic carboxylic acids is 1. The van der Waals surface area contributed by atoms with E-state index in [-0.39, 0.29) is 18.1 Å². The second-order valence-electron chi connectivity index (χ2n) is 10.8. The molecule has 0 fully saturated rings. The van der Waals surface area contributed by atoms with E-state index in [0.29, 0.717) is 42.1 Å². The van der Waals surface area contributed by atoms with Gasteiger partial charge in [-0.15, -0.1) is 0 Å². The average molecular weight is 565 g/mol. The molecule has 0 radical (unpaired) electrons. The molecule has 4 aromatic carbocycles. The second-order valence-corrected chi connectivity index (χ2v) is 10.8. The molecule has 0 spiro atoms. The molecular formula is C35H36N2O5. The number of carboxylic acids is 1. The Morgan fingerprint density at radius 1 is 0.786 bits per heavy atom. The zero-order chi connectivity index (χ0) is 30.0. The highest BCUT2D eigenvalue weighted by Crippen LogP contribution is 2.23. The van der Waals surface area contributed by atoms with E-state index in [1.54, 1.807) is 60.7 Å². The van der Waals surface area contributed by atoms with Crippen LogP contribution in [0.25, 0.3) is 0 Å². The van der Waals surface area contributed by atoms with Crippen molar-refractivity contribution in [2.45, 2.75) is 32.7 Å². The van der Waals surface area contributed by atoms with Gasteiger partial charge in [0.15, 0.2) is 5.78 Å². The molecule has 3 N–H and O–H groups in total. The van der Waals surface area contributed by atoms with Gasteiger partial charge in [0, 0.05) is 28.7 Å². The number of amides is 1. The molecule has 0 aliphatic rings. The van der Waals surface area contributed by atoms with Crippen molar-refractivity contribution >= 4 is 23.3 Å². The van der Waals surface area contributed by atoms with Crippen LogP contribution < -0.4 is 15.4 Å². The molecule has 7 nitrogen and oxygen atoms in total. The standard InChI is InChI=1S/C35H36N2O5/c1-35(2,24-26-11-5-3-6-12-26)34(41)36-21-22-42-28-19-17-25(18-20-28)23-31(33(39)40)37-30-16-10-9-15-29(30)32(38)27-13-7-4-8-14-27/h3-20,31,37H,21-24H2,1-2H3,(H,36,41)(H,39,40). The normalized spacial score (nSPS) is 11.8. The molecule has 0 saturated carbocycles. The fraction of sp³-hybridized carbons (Fsp3) is 0.229. The monoisotopic (exact) mass is 564 g/mol. The summed E-state index contributed by atoms with van der Waals surface area (Å²) in [4.78, 5) is 37.9. The Kier molecular flexibility index (Phi) is 10.1. The number of nitrogens with one attached hydrogen (secondary N) is 2. The van der Waals surface area contributed by atoms with E-state index in [1.165, 1.54) is 0 Å². The van der Waals surface area contributed by atoms with Crippen LogP contribution in [-0.4, -0.2) is 42.0 Å². The summed E-state index contributed by atoms with van der Waals surface area (Å²) in [5.74, 6) is -0.622. The summed E-state index contributed by atoms with van der Waals surface area (Å²) >= 11 is 0. The van der Waals surface area contributed by atoms with Gasteiger partial charge in [-0.25, -0.2) is 4.79 Å². The predicted molar refractivity (Wildman–Crippen MR) is 164 cm³/mol. The topological polar surface area (TPSA) is 105 Å². The number of carboxylic acid groups (broad SMARTS) is 1. The van der Waals surface area contributed by atoms with Gasteiger partial charge in [-0.1, -0.05) is 98.8 Å². The molecule has 42 heavy (non-hydrogen) atoms. The largest absolute Gasteiger partial charge is 0.492 e. The van der Waals surface area contributed by atoms with Crippen LogP contribution in [0.5, 0.6) is 5.75 Å². The van der Waals surface area contributed by atoms with Crippen LogP contribution in [0.1, 0.15) is 40.9 Å². The van der Waals surface area contributed by atoms with Crippen LogP contribution in [0, 0.1) is 5.41 Å². The van der Waals surface area contributed by atoms with Crippen LogP contribution in [0.4, 0.5) is 5.69 Å². The molecule has 4 rings (SSSR count). The summed E-state index contributed by atoms with van der Waals surface area (Å²) in [6.45, 7) is 4.52. The Morgan fingerprint density at radius 3 is 2.07 bits per heavy atom. The number of benzene rings is 4. The van der Waals surface area contributed by atoms with Gasteiger partial charge in [-0.05, 0) is 41.8 Å². The van der Waals surface area contributed by atoms with Crippen LogP contribution in [0.15, 0.2) is 109 Å². The summed E-state index contributed by atoms with van der Waals surface area (Å²) in [6, 6.07) is 32.0. The van der Waals surface area contributed by atoms with Gasteiger partial charge in [0.25, 0.3) is 0 Å². The van der Waals surface area contributed by atoms with Gasteiger partial charge in [0.05, 0.1) is 6.54 Å². The van der Waals surface area contributed by atoms with E-state index in [2.05, 4.69) is 10.6 Å². The van der Waals surface area contributed by atoms with Crippen molar-refractivity contribution in [2.75, 3.05) is 18.5 Å². The number of carbonyl (C=O) groups is 3. The summed E-state index contributed by atoms with van der Waals surface area (Å²) < 4.78 is 5.79. The summed E-state index contributed by atoms with van der Waals surface area (Å²) in [5, 5.41) is 15.9. The molecule has 4 aromatic rings. The van der Waals surface area contributed by atoms with Gasteiger partial charge in [0.1, 0.15) is 18.4 Å². The van der Waals surface area contributed by atoms with Crippen molar-refractivity contribution in [3.05, 3.63) is 131 Å². The van der Waals surface area contributed by atoms with Crippen molar-refractivity contribution in [3.63, 3.8) is 0 Å². The minimum Gasteiger partial charge on any atom is -0.492 e. The first kappa shape index (κ1) is 30.1. The van der Waals surface area contributed by atoms with E-state index in [9.17, 15) is 19.5 Å². The Hall–Kier alpha value is -4.91. The third kappa shape index (κ3) is 8.30. The number of rotatable bonds is 14. The number of hydrogen-bond donors (Lipinski definition) is 3. The first-order valence-corrected chi connectivity index (χ1v) is 13.9. The van der Waals surface area contributed by atoms with Gasteiger partial charge in [-0.3, -0.25) is 9.59 Å². The highest BCUT2D eigenvalue weighted by Gasteiger charge is 2.27. The molecule has 1 amide bonds. The molecule has 0 aliphatic heterocycles. The summed E-state index contributed by atoms with van der Waals surface area (Å²) in [5.41, 5.74) is 2.77. The summed E-state index contributed by atoms with van der Waals surface area (Å²) in [6.07, 6.45) is 0.846. The number of hydrogen-bond acceptors (Lipinski definition) is 5. The first-order valence-electron chi connectivity index (χ1n) is 13.9. The maximum Gasteiger partial charge on any atom is 0.326 e. The molecule has 0 aromatic heterocycles. The Labute approximate surface area is 246 Å². The lowest BCUT2D eigenvalue weighted by molar-refractivity contribution is -0.137. The maximum atomic E-state index is 13.1. The zero-order valence-electron chi connectivity index (χ0n) is 23.9. The van der Waals surface area contributed by atoms with Crippen LogP contribution in [0.3, 0.4) is 0 Å². The Balaban J connectivity index is 1.29. The minimum atomic E-state index is -1.02. The number of ether oxygens (including phenoxy) is 1. The minimum absolute atomic E-state index is 0.0374. The molecule has 1 unspecified atom stereocenters. The molecule has 0 saturated heterocycles. The lowest BCUT2D eigenvalue weighted by Crippen LogP contribution is -2.40. The van der Waals surface area contributed by atoms with E-state index >= 15 is 0 Å². The van der Waals surface area contributed by atoms with Gasteiger partial charge >= 0.3 is 5.97 Å². The smallest absolute Gasteiger partial charge is 0.326 e. The van der Waals surface area contributed by atoms with E-state index in [0.717, 1.165) is 11.1 Å². The highest BCUT2D eigenvalue weighted by molar-refractivity contribution is 6.12. The van der Waals surface area contributed by atoms with Crippen molar-refractivity contribution in [1.82, 2.24) is 5.32 Å². The maximum absolute atomic E-state index is 13.1. The molecule has 0 heterocycles. The molecule has 0 bridgehead atoms. The van der Waals surface area contributed by atoms with Crippen molar-refractivity contribution in [1.29, 1.82) is 0 Å². The van der Waals surface area contributed by atoms with Gasteiger partial charge in [0.2, 0.25) is 5.91 Å². The van der Waals surface area contributed by atoms with E-state index in [4.69, 9.17) is 4.74 Å². The number of ketones is 1. The average Bonchev–Trinajstić information content (AvgIpc) is 3.00. The number of para-hydroxylation sites is 1. The molecule has 1 atom stereocenters. The third-order valence-corrected chi connectivity index (χ3v) is 6.96. The molecular weight excluding hydrogens is 528 g/mol. The Morgan fingerprint density at radius 2 is 1.40 bits per heavy atom. The number of anilines is 1. The molecule has 216 valence electrons. The number of carbonyl (C=O) groups excluding carboxylic acids is 2. The van der Waals surface area contributed by atoms with Gasteiger partial charge < -0.3 is 20.5 Å². The quantitative estimate of drug-likeness (QED) is 0.132. The predicted octanol–water partition coefficient (Wildman–Crippen LogP) is 5.79. The van der Waals surface area contributed by atoms with E-state index < -0.39 is 17.4 Å². The fourth-order valence-corrected chi connectivity index (χ4v) is 4.66. The molecule has 7 heteroatoms. The van der Waals surface area contributed by atoms with Crippen molar-refractivity contribution < 1.29 is 24.2 Å². The fourth-order valence-electron chi connectivity index (χ4n) is 4.66. The zero-order valence-corrected chi connectivity index (χ0v) is 23.9. The van der Waals surface area contributed by atoms with Crippen LogP contribution in [0.2, 0.25) is 0 Å². The van der Waals surface area contributed by atoms with Crippen LogP contribution in [-0.2, 0) is 22.4 Å². The van der Waals surface area contributed by atoms with E-state index in [1.807, 2.05) is 62.4 Å². The summed E-state index contributed by atoms with van der Waals surface area (Å²) in [7, 11) is 0. The third-order valence-electron chi connectivity index (χ3n) is 6.96. The van der Waals surface area contributed by atoms with Gasteiger partial charge in [-0.2, -0.15) is 0 Å².